The fourth-order valence-electron chi connectivity index (χ4n) is 1.19. The standard InChI is InChI=1S/C11H11F3O4/c1-16-9-5-7(10(15)17-2)3-4-8(9)18-6-11(12,13)14/h3-5H,6H2,1-2H3. The third-order valence-electron chi connectivity index (χ3n) is 1.98. The van der Waals surface area contributed by atoms with Crippen molar-refractivity contribution in [3.8, 4) is 11.5 Å². The third-order valence-corrected chi connectivity index (χ3v) is 1.98. The molecule has 0 saturated carbocycles. The number of alkyl halides is 3. The smallest absolute Gasteiger partial charge is 0.422 e. The molecule has 0 bridgehead atoms. The fourth-order valence-corrected chi connectivity index (χ4v) is 1.19. The molecular formula is C11H11F3O4. The molecule has 0 aliphatic heterocycles. The number of hydrogen-bond donors (Lipinski definition) is 0. The van der Waals surface area contributed by atoms with Crippen molar-refractivity contribution in [2.75, 3.05) is 20.8 Å². The second kappa shape index (κ2) is 5.61. The highest BCUT2D eigenvalue weighted by atomic mass is 19.4. The molecule has 1 rings (SSSR count). The molecule has 0 heterocycles. The zero-order chi connectivity index (χ0) is 13.8. The third kappa shape index (κ3) is 3.83. The van der Waals surface area contributed by atoms with Crippen LogP contribution in [0.15, 0.2) is 18.2 Å². The summed E-state index contributed by atoms with van der Waals surface area (Å²) in [5, 5.41) is 0. The SMILES string of the molecule is COC(=O)c1ccc(OCC(F)(F)F)c(OC)c1. The average molecular weight is 264 g/mol. The van der Waals surface area contributed by atoms with E-state index < -0.39 is 18.8 Å². The van der Waals surface area contributed by atoms with E-state index in [4.69, 9.17) is 4.74 Å². The minimum atomic E-state index is -4.44. The van der Waals surface area contributed by atoms with Crippen LogP contribution in [0.1, 0.15) is 10.4 Å². The monoisotopic (exact) mass is 264 g/mol. The van der Waals surface area contributed by atoms with E-state index in [1.807, 2.05) is 0 Å². The van der Waals surface area contributed by atoms with E-state index in [0.29, 0.717) is 0 Å². The Bertz CT molecular complexity index is 429. The van der Waals surface area contributed by atoms with Crippen molar-refractivity contribution < 1.29 is 32.2 Å². The highest BCUT2D eigenvalue weighted by Gasteiger charge is 2.29. The summed E-state index contributed by atoms with van der Waals surface area (Å²) in [5.74, 6) is -0.680. The normalized spacial score (nSPS) is 10.9. The number of methoxy groups -OCH3 is 2. The van der Waals surface area contributed by atoms with Gasteiger partial charge in [-0.05, 0) is 18.2 Å². The average Bonchev–Trinajstić information content (AvgIpc) is 2.34. The first-order valence-corrected chi connectivity index (χ1v) is 4.83. The number of carbonyl (C=O) groups excluding carboxylic acids is 1. The first-order valence-electron chi connectivity index (χ1n) is 4.83. The van der Waals surface area contributed by atoms with Crippen molar-refractivity contribution in [3.05, 3.63) is 23.8 Å². The van der Waals surface area contributed by atoms with Crippen molar-refractivity contribution in [2.45, 2.75) is 6.18 Å². The molecule has 0 fully saturated rings. The number of ether oxygens (including phenoxy) is 3. The Morgan fingerprint density at radius 1 is 1.22 bits per heavy atom. The summed E-state index contributed by atoms with van der Waals surface area (Å²) in [6, 6.07) is 3.76. The van der Waals surface area contributed by atoms with Crippen LogP contribution in [-0.2, 0) is 4.74 Å². The quantitative estimate of drug-likeness (QED) is 0.783. The summed E-state index contributed by atoms with van der Waals surface area (Å²) >= 11 is 0. The van der Waals surface area contributed by atoms with Gasteiger partial charge in [0, 0.05) is 0 Å². The molecule has 1 aromatic rings. The summed E-state index contributed by atoms with van der Waals surface area (Å²) in [4.78, 5) is 11.2. The predicted octanol–water partition coefficient (Wildman–Crippen LogP) is 2.42. The van der Waals surface area contributed by atoms with Gasteiger partial charge in [-0.25, -0.2) is 4.79 Å². The minimum Gasteiger partial charge on any atom is -0.493 e. The lowest BCUT2D eigenvalue weighted by Crippen LogP contribution is -2.19. The lowest BCUT2D eigenvalue weighted by atomic mass is 10.2. The second-order valence-electron chi connectivity index (χ2n) is 3.26. The lowest BCUT2D eigenvalue weighted by molar-refractivity contribution is -0.153. The summed E-state index contributed by atoms with van der Waals surface area (Å²) < 4.78 is 49.9. The minimum absolute atomic E-state index is 0.0298. The van der Waals surface area contributed by atoms with E-state index in [1.54, 1.807) is 0 Å². The molecule has 0 saturated heterocycles. The molecule has 0 spiro atoms. The number of rotatable bonds is 4. The fraction of sp³-hybridized carbons (Fsp3) is 0.364. The van der Waals surface area contributed by atoms with Gasteiger partial charge in [-0.2, -0.15) is 13.2 Å². The summed E-state index contributed by atoms with van der Waals surface area (Å²) in [7, 11) is 2.46. The van der Waals surface area contributed by atoms with E-state index in [-0.39, 0.29) is 17.1 Å². The van der Waals surface area contributed by atoms with Crippen molar-refractivity contribution in [1.82, 2.24) is 0 Å². The Morgan fingerprint density at radius 2 is 1.89 bits per heavy atom. The van der Waals surface area contributed by atoms with Gasteiger partial charge in [-0.3, -0.25) is 0 Å². The van der Waals surface area contributed by atoms with Crippen molar-refractivity contribution >= 4 is 5.97 Å². The van der Waals surface area contributed by atoms with Crippen LogP contribution >= 0.6 is 0 Å². The van der Waals surface area contributed by atoms with Gasteiger partial charge in [-0.1, -0.05) is 0 Å². The van der Waals surface area contributed by atoms with Gasteiger partial charge in [0.15, 0.2) is 18.1 Å². The van der Waals surface area contributed by atoms with E-state index >= 15 is 0 Å². The Morgan fingerprint density at radius 3 is 2.39 bits per heavy atom. The van der Waals surface area contributed by atoms with Crippen LogP contribution in [0.5, 0.6) is 11.5 Å². The molecule has 0 radical (unpaired) electrons. The van der Waals surface area contributed by atoms with Gasteiger partial charge in [0.1, 0.15) is 0 Å². The first-order chi connectivity index (χ1) is 8.37. The van der Waals surface area contributed by atoms with Crippen LogP contribution in [0.2, 0.25) is 0 Å². The number of hydrogen-bond acceptors (Lipinski definition) is 4. The molecule has 100 valence electrons. The van der Waals surface area contributed by atoms with Crippen LogP contribution in [-0.4, -0.2) is 33.0 Å². The second-order valence-corrected chi connectivity index (χ2v) is 3.26. The number of carbonyl (C=O) groups is 1. The molecule has 0 aliphatic rings. The molecule has 0 aliphatic carbocycles. The Kier molecular flexibility index (Phi) is 4.41. The summed E-state index contributed by atoms with van der Waals surface area (Å²) in [6.45, 7) is -1.43. The summed E-state index contributed by atoms with van der Waals surface area (Å²) in [5.41, 5.74) is 0.161. The van der Waals surface area contributed by atoms with E-state index in [2.05, 4.69) is 9.47 Å². The van der Waals surface area contributed by atoms with Crippen molar-refractivity contribution in [2.24, 2.45) is 0 Å². The molecule has 18 heavy (non-hydrogen) atoms. The van der Waals surface area contributed by atoms with Gasteiger partial charge < -0.3 is 14.2 Å². The van der Waals surface area contributed by atoms with Crippen LogP contribution in [0.25, 0.3) is 0 Å². The van der Waals surface area contributed by atoms with Gasteiger partial charge in [-0.15, -0.1) is 0 Å². The van der Waals surface area contributed by atoms with Gasteiger partial charge in [0.2, 0.25) is 0 Å². The van der Waals surface area contributed by atoms with Crippen LogP contribution in [0.4, 0.5) is 13.2 Å². The number of benzene rings is 1. The van der Waals surface area contributed by atoms with Crippen LogP contribution in [0.3, 0.4) is 0 Å². The van der Waals surface area contributed by atoms with E-state index in [1.165, 1.54) is 32.4 Å². The molecule has 4 nitrogen and oxygen atoms in total. The zero-order valence-electron chi connectivity index (χ0n) is 9.71. The molecule has 1 aromatic carbocycles. The van der Waals surface area contributed by atoms with Crippen LogP contribution < -0.4 is 9.47 Å². The van der Waals surface area contributed by atoms with Gasteiger partial charge >= 0.3 is 12.1 Å². The summed E-state index contributed by atoms with van der Waals surface area (Å²) in [6.07, 6.45) is -4.44. The molecule has 0 aromatic heterocycles. The molecule has 0 N–H and O–H groups in total. The van der Waals surface area contributed by atoms with E-state index in [0.717, 1.165) is 0 Å². The zero-order valence-corrected chi connectivity index (χ0v) is 9.71. The largest absolute Gasteiger partial charge is 0.493 e. The van der Waals surface area contributed by atoms with Crippen molar-refractivity contribution in [3.63, 3.8) is 0 Å². The maximum atomic E-state index is 12.0. The van der Waals surface area contributed by atoms with Gasteiger partial charge in [0.05, 0.1) is 19.8 Å². The Labute approximate surface area is 101 Å². The first kappa shape index (κ1) is 14.1. The predicted molar refractivity (Wildman–Crippen MR) is 55.9 cm³/mol. The molecule has 0 amide bonds. The van der Waals surface area contributed by atoms with E-state index in [9.17, 15) is 18.0 Å². The van der Waals surface area contributed by atoms with Gasteiger partial charge in [0.25, 0.3) is 0 Å². The maximum Gasteiger partial charge on any atom is 0.422 e. The molecule has 0 atom stereocenters. The number of esters is 1. The topological polar surface area (TPSA) is 44.8 Å². The molecule has 0 unspecified atom stereocenters. The lowest BCUT2D eigenvalue weighted by Gasteiger charge is -2.13. The highest BCUT2D eigenvalue weighted by Crippen LogP contribution is 2.29. The highest BCUT2D eigenvalue weighted by molar-refractivity contribution is 5.90. The Balaban J connectivity index is 2.90. The van der Waals surface area contributed by atoms with Crippen molar-refractivity contribution in [1.29, 1.82) is 0 Å². The Hall–Kier alpha value is -1.92. The maximum absolute atomic E-state index is 12.0. The number of halogens is 3. The van der Waals surface area contributed by atoms with Crippen LogP contribution in [0, 0.1) is 0 Å². The molecular weight excluding hydrogens is 253 g/mol. The molecule has 7 heteroatoms.